The van der Waals surface area contributed by atoms with Crippen LogP contribution in [0.2, 0.25) is 5.02 Å². The number of hydrogen-bond acceptors (Lipinski definition) is 4. The molecule has 0 radical (unpaired) electrons. The summed E-state index contributed by atoms with van der Waals surface area (Å²) < 4.78 is 34.8. The fourth-order valence-electron chi connectivity index (χ4n) is 4.22. The quantitative estimate of drug-likeness (QED) is 0.346. The van der Waals surface area contributed by atoms with Crippen LogP contribution in [-0.2, 0) is 16.6 Å². The average molecular weight is 522 g/mol. The molecule has 1 atom stereocenters. The number of anilines is 1. The molecule has 0 spiro atoms. The lowest BCUT2D eigenvalue weighted by atomic mass is 10.1. The molecule has 0 saturated carbocycles. The first-order valence-corrected chi connectivity index (χ1v) is 13.0. The van der Waals surface area contributed by atoms with Crippen molar-refractivity contribution in [2.45, 2.75) is 36.7 Å². The molecule has 1 fully saturated rings. The Morgan fingerprint density at radius 1 is 1.00 bits per heavy atom. The first kappa shape index (κ1) is 26.4. The van der Waals surface area contributed by atoms with Gasteiger partial charge in [0.1, 0.15) is 5.75 Å². The van der Waals surface area contributed by atoms with Crippen molar-refractivity contribution in [3.05, 3.63) is 89.4 Å². The van der Waals surface area contributed by atoms with Crippen molar-refractivity contribution in [1.29, 1.82) is 0 Å². The van der Waals surface area contributed by atoms with E-state index in [1.165, 1.54) is 29.3 Å². The zero-order chi connectivity index (χ0) is 23.3. The fourth-order valence-corrected chi connectivity index (χ4v) is 5.79. The Balaban J connectivity index is 0.00000324. The number of nitrogens with zero attached hydrogens (tertiary/aromatic N) is 2. The maximum Gasteiger partial charge on any atom is 0.264 e. The van der Waals surface area contributed by atoms with Gasteiger partial charge >= 0.3 is 0 Å². The molecule has 1 heterocycles. The van der Waals surface area contributed by atoms with Crippen molar-refractivity contribution in [1.82, 2.24) is 4.90 Å². The molecule has 1 aliphatic heterocycles. The van der Waals surface area contributed by atoms with Gasteiger partial charge in [-0.15, -0.1) is 12.4 Å². The molecule has 1 saturated heterocycles. The fraction of sp³-hybridized carbons (Fsp3) is 0.308. The molecule has 4 rings (SSSR count). The number of benzene rings is 3. The summed E-state index contributed by atoms with van der Waals surface area (Å²) in [5.41, 5.74) is 1.41. The zero-order valence-electron chi connectivity index (χ0n) is 19.1. The summed E-state index contributed by atoms with van der Waals surface area (Å²) in [5, 5.41) is 0.492. The number of likely N-dealkylation sites (tertiary alicyclic amines) is 1. The van der Waals surface area contributed by atoms with Crippen LogP contribution in [0.15, 0.2) is 83.8 Å². The van der Waals surface area contributed by atoms with Gasteiger partial charge in [0.15, 0.2) is 0 Å². The van der Waals surface area contributed by atoms with Crippen molar-refractivity contribution < 1.29 is 13.2 Å². The Hall–Kier alpha value is -2.25. The highest BCUT2D eigenvalue weighted by atomic mass is 35.5. The molecule has 0 aromatic heterocycles. The SMILES string of the molecule is CN1CCCC1CCOc1ccccc1CN(c1ccccc1)S(=O)(=O)c1ccc(Cl)cc1.Cl. The molecule has 1 unspecified atom stereocenters. The Morgan fingerprint density at radius 2 is 1.68 bits per heavy atom. The molecule has 182 valence electrons. The molecular weight excluding hydrogens is 491 g/mol. The summed E-state index contributed by atoms with van der Waals surface area (Å²) in [4.78, 5) is 2.57. The van der Waals surface area contributed by atoms with Crippen LogP contribution in [0.5, 0.6) is 5.75 Å². The van der Waals surface area contributed by atoms with E-state index in [-0.39, 0.29) is 23.8 Å². The summed E-state index contributed by atoms with van der Waals surface area (Å²) in [5.74, 6) is 0.713. The highest BCUT2D eigenvalue weighted by molar-refractivity contribution is 7.92. The number of para-hydroxylation sites is 2. The Kier molecular flexibility index (Phi) is 9.25. The molecule has 0 N–H and O–H groups in total. The average Bonchev–Trinajstić information content (AvgIpc) is 3.23. The summed E-state index contributed by atoms with van der Waals surface area (Å²) in [7, 11) is -1.66. The van der Waals surface area contributed by atoms with E-state index in [9.17, 15) is 8.42 Å². The first-order valence-electron chi connectivity index (χ1n) is 11.2. The van der Waals surface area contributed by atoms with E-state index >= 15 is 0 Å². The number of hydrogen-bond donors (Lipinski definition) is 0. The lowest BCUT2D eigenvalue weighted by Crippen LogP contribution is -2.31. The number of sulfonamides is 1. The molecule has 34 heavy (non-hydrogen) atoms. The third-order valence-electron chi connectivity index (χ3n) is 6.11. The van der Waals surface area contributed by atoms with Crippen LogP contribution in [0.1, 0.15) is 24.8 Å². The van der Waals surface area contributed by atoms with E-state index in [0.29, 0.717) is 29.1 Å². The summed E-state index contributed by atoms with van der Waals surface area (Å²) in [6.07, 6.45) is 3.38. The molecule has 1 aliphatic rings. The lowest BCUT2D eigenvalue weighted by molar-refractivity contribution is 0.232. The van der Waals surface area contributed by atoms with Crippen LogP contribution in [0, 0.1) is 0 Å². The van der Waals surface area contributed by atoms with Gasteiger partial charge in [-0.2, -0.15) is 0 Å². The van der Waals surface area contributed by atoms with Gasteiger partial charge in [-0.1, -0.05) is 48.0 Å². The minimum atomic E-state index is -3.81. The molecule has 0 bridgehead atoms. The largest absolute Gasteiger partial charge is 0.493 e. The van der Waals surface area contributed by atoms with Crippen LogP contribution < -0.4 is 9.04 Å². The molecule has 0 amide bonds. The Labute approximate surface area is 213 Å². The van der Waals surface area contributed by atoms with Gasteiger partial charge in [-0.3, -0.25) is 4.31 Å². The van der Waals surface area contributed by atoms with Crippen LogP contribution in [-0.4, -0.2) is 39.6 Å². The Bertz CT molecular complexity index is 1160. The maximum absolute atomic E-state index is 13.6. The van der Waals surface area contributed by atoms with Gasteiger partial charge in [0.2, 0.25) is 0 Å². The van der Waals surface area contributed by atoms with Crippen molar-refractivity contribution >= 4 is 39.7 Å². The van der Waals surface area contributed by atoms with Gasteiger partial charge in [-0.25, -0.2) is 8.42 Å². The van der Waals surface area contributed by atoms with Gasteiger partial charge in [-0.05, 0) is 75.3 Å². The first-order chi connectivity index (χ1) is 15.9. The molecule has 5 nitrogen and oxygen atoms in total. The van der Waals surface area contributed by atoms with E-state index < -0.39 is 10.0 Å². The minimum absolute atomic E-state index is 0. The molecule has 3 aromatic carbocycles. The van der Waals surface area contributed by atoms with Crippen LogP contribution in [0.25, 0.3) is 0 Å². The molecule has 3 aromatic rings. The normalized spacial score (nSPS) is 16.1. The van der Waals surface area contributed by atoms with Crippen molar-refractivity contribution in [3.63, 3.8) is 0 Å². The predicted octanol–water partition coefficient (Wildman–Crippen LogP) is 6.02. The summed E-state index contributed by atoms with van der Waals surface area (Å²) in [6, 6.07) is 23.6. The lowest BCUT2D eigenvalue weighted by Gasteiger charge is -2.26. The smallest absolute Gasteiger partial charge is 0.264 e. The van der Waals surface area contributed by atoms with Crippen molar-refractivity contribution in [3.8, 4) is 5.75 Å². The second-order valence-corrected chi connectivity index (χ2v) is 10.6. The second-order valence-electron chi connectivity index (χ2n) is 8.32. The Morgan fingerprint density at radius 3 is 2.35 bits per heavy atom. The van der Waals surface area contributed by atoms with E-state index in [1.54, 1.807) is 24.3 Å². The maximum atomic E-state index is 13.6. The van der Waals surface area contributed by atoms with E-state index in [4.69, 9.17) is 16.3 Å². The summed E-state index contributed by atoms with van der Waals surface area (Å²) in [6.45, 7) is 1.89. The van der Waals surface area contributed by atoms with Gasteiger partial charge in [0, 0.05) is 16.6 Å². The van der Waals surface area contributed by atoms with Gasteiger partial charge in [0.25, 0.3) is 10.0 Å². The van der Waals surface area contributed by atoms with E-state index in [2.05, 4.69) is 11.9 Å². The van der Waals surface area contributed by atoms with E-state index in [0.717, 1.165) is 18.5 Å². The topological polar surface area (TPSA) is 49.9 Å². The highest BCUT2D eigenvalue weighted by Crippen LogP contribution is 2.30. The number of rotatable bonds is 9. The third-order valence-corrected chi connectivity index (χ3v) is 8.15. The molecular formula is C26H30Cl2N2O3S. The minimum Gasteiger partial charge on any atom is -0.493 e. The third kappa shape index (κ3) is 6.25. The van der Waals surface area contributed by atoms with Crippen LogP contribution >= 0.6 is 24.0 Å². The van der Waals surface area contributed by atoms with Crippen LogP contribution in [0.4, 0.5) is 5.69 Å². The van der Waals surface area contributed by atoms with Crippen LogP contribution in [0.3, 0.4) is 0 Å². The van der Waals surface area contributed by atoms with Gasteiger partial charge in [0.05, 0.1) is 23.7 Å². The molecule has 0 aliphatic carbocycles. The number of halogens is 2. The highest BCUT2D eigenvalue weighted by Gasteiger charge is 2.26. The second kappa shape index (κ2) is 11.9. The summed E-state index contributed by atoms with van der Waals surface area (Å²) >= 11 is 5.99. The van der Waals surface area contributed by atoms with Crippen molar-refractivity contribution in [2.75, 3.05) is 24.5 Å². The molecule has 8 heteroatoms. The standard InChI is InChI=1S/C26H29ClN2O3S.ClH/c1-28-18-7-11-23(28)17-19-32-26-12-6-5-8-21(26)20-29(24-9-3-2-4-10-24)33(30,31)25-15-13-22(27)14-16-25;/h2-6,8-10,12-16,23H,7,11,17-20H2,1H3;1H. The zero-order valence-corrected chi connectivity index (χ0v) is 21.5. The van der Waals surface area contributed by atoms with E-state index in [1.807, 2.05) is 42.5 Å². The van der Waals surface area contributed by atoms with Gasteiger partial charge < -0.3 is 9.64 Å². The van der Waals surface area contributed by atoms with Crippen molar-refractivity contribution in [2.24, 2.45) is 0 Å². The predicted molar refractivity (Wildman–Crippen MR) is 141 cm³/mol. The number of ether oxygens (including phenoxy) is 1. The monoisotopic (exact) mass is 520 g/mol.